The molecular weight excluding hydrogens is 547 g/mol. The Morgan fingerprint density at radius 2 is 1.89 bits per heavy atom. The second-order valence-electron chi connectivity index (χ2n) is 7.95. The zero-order valence-corrected chi connectivity index (χ0v) is 22.3. The average molecular weight is 568 g/mol. The lowest BCUT2D eigenvalue weighted by Crippen LogP contribution is -2.23. The number of ether oxygens (including phenoxy) is 1. The first-order chi connectivity index (χ1) is 17.5. The fraction of sp³-hybridized carbons (Fsp3) is 0.240. The lowest BCUT2D eigenvalue weighted by atomic mass is 10.2. The quantitative estimate of drug-likeness (QED) is 0.195. The zero-order valence-electron chi connectivity index (χ0n) is 19.9. The molecule has 2 aromatic heterocycles. The standard InChI is InChI=1S/C25H21ClF3N3O3S2/c1-4-35-17-8-6-16(7-9-17)32-23(34)21-13(2)14(3)37-22(21)31-24(32)36-12-20(33)30-19-11-15(25(27,28)29)5-10-18(19)26/h5-11H,4,12H2,1-3H3,(H,30,33). The molecule has 6 nitrogen and oxygen atoms in total. The first-order valence-electron chi connectivity index (χ1n) is 11.0. The molecular formula is C25H21ClF3N3O3S2. The number of thiophene rings is 1. The molecule has 0 spiro atoms. The van der Waals surface area contributed by atoms with Crippen molar-refractivity contribution in [2.45, 2.75) is 32.1 Å². The van der Waals surface area contributed by atoms with Crippen LogP contribution in [-0.4, -0.2) is 27.8 Å². The number of rotatable bonds is 7. The number of carbonyl (C=O) groups is 1. The number of amides is 1. The van der Waals surface area contributed by atoms with Gasteiger partial charge in [0, 0.05) is 4.88 Å². The Balaban J connectivity index is 1.66. The van der Waals surface area contributed by atoms with Crippen molar-refractivity contribution in [3.05, 3.63) is 73.8 Å². The average Bonchev–Trinajstić information content (AvgIpc) is 3.12. The van der Waals surface area contributed by atoms with E-state index in [9.17, 15) is 22.8 Å². The van der Waals surface area contributed by atoms with Crippen molar-refractivity contribution < 1.29 is 22.7 Å². The molecule has 37 heavy (non-hydrogen) atoms. The van der Waals surface area contributed by atoms with Crippen molar-refractivity contribution in [2.75, 3.05) is 17.7 Å². The first-order valence-corrected chi connectivity index (χ1v) is 13.2. The Morgan fingerprint density at radius 3 is 2.54 bits per heavy atom. The van der Waals surface area contributed by atoms with Gasteiger partial charge in [0.05, 0.1) is 39.7 Å². The van der Waals surface area contributed by atoms with Gasteiger partial charge in [0.2, 0.25) is 5.91 Å². The van der Waals surface area contributed by atoms with E-state index in [1.165, 1.54) is 15.9 Å². The normalized spacial score (nSPS) is 11.6. The highest BCUT2D eigenvalue weighted by molar-refractivity contribution is 7.99. The molecule has 0 fully saturated rings. The Morgan fingerprint density at radius 1 is 1.19 bits per heavy atom. The summed E-state index contributed by atoms with van der Waals surface area (Å²) in [6.45, 7) is 6.12. The van der Waals surface area contributed by atoms with Gasteiger partial charge in [-0.3, -0.25) is 14.2 Å². The molecule has 2 aromatic carbocycles. The van der Waals surface area contributed by atoms with Crippen LogP contribution < -0.4 is 15.6 Å². The first kappa shape index (κ1) is 27.0. The van der Waals surface area contributed by atoms with Crippen LogP contribution >= 0.6 is 34.7 Å². The fourth-order valence-electron chi connectivity index (χ4n) is 3.57. The largest absolute Gasteiger partial charge is 0.494 e. The Bertz CT molecular complexity index is 1530. The summed E-state index contributed by atoms with van der Waals surface area (Å²) in [7, 11) is 0. The lowest BCUT2D eigenvalue weighted by molar-refractivity contribution is -0.137. The second-order valence-corrected chi connectivity index (χ2v) is 10.5. The predicted octanol–water partition coefficient (Wildman–Crippen LogP) is 6.87. The number of nitrogens with one attached hydrogen (secondary N) is 1. The molecule has 194 valence electrons. The van der Waals surface area contributed by atoms with Crippen LogP contribution in [0.5, 0.6) is 5.75 Å². The highest BCUT2D eigenvalue weighted by Gasteiger charge is 2.31. The van der Waals surface area contributed by atoms with Gasteiger partial charge in [-0.2, -0.15) is 13.2 Å². The second kappa shape index (κ2) is 10.8. The minimum atomic E-state index is -4.58. The molecule has 0 aliphatic carbocycles. The summed E-state index contributed by atoms with van der Waals surface area (Å²) < 4.78 is 46.1. The maximum atomic E-state index is 13.6. The van der Waals surface area contributed by atoms with E-state index in [2.05, 4.69) is 10.3 Å². The van der Waals surface area contributed by atoms with Gasteiger partial charge >= 0.3 is 6.18 Å². The maximum Gasteiger partial charge on any atom is 0.416 e. The van der Waals surface area contributed by atoms with E-state index in [0.29, 0.717) is 28.3 Å². The van der Waals surface area contributed by atoms with Gasteiger partial charge in [0.15, 0.2) is 5.16 Å². The minimum Gasteiger partial charge on any atom is -0.494 e. The number of aryl methyl sites for hydroxylation is 2. The van der Waals surface area contributed by atoms with Gasteiger partial charge in [0.1, 0.15) is 10.6 Å². The van der Waals surface area contributed by atoms with Crippen LogP contribution in [0.3, 0.4) is 0 Å². The molecule has 12 heteroatoms. The van der Waals surface area contributed by atoms with Gasteiger partial charge in [-0.15, -0.1) is 11.3 Å². The molecule has 4 aromatic rings. The lowest BCUT2D eigenvalue weighted by Gasteiger charge is -2.14. The molecule has 4 rings (SSSR count). The number of nitrogens with zero attached hydrogens (tertiary/aromatic N) is 2. The number of alkyl halides is 3. The number of hydrogen-bond donors (Lipinski definition) is 1. The zero-order chi connectivity index (χ0) is 26.9. The van der Waals surface area contributed by atoms with Gasteiger partial charge in [0.25, 0.3) is 5.56 Å². The number of fused-ring (bicyclic) bond motifs is 1. The third kappa shape index (κ3) is 5.78. The Hall–Kier alpha value is -3.02. The number of benzene rings is 2. The van der Waals surface area contributed by atoms with Crippen molar-refractivity contribution in [1.82, 2.24) is 9.55 Å². The van der Waals surface area contributed by atoms with Crippen LogP contribution in [0, 0.1) is 13.8 Å². The van der Waals surface area contributed by atoms with E-state index in [0.717, 1.165) is 40.4 Å². The number of anilines is 1. The molecule has 0 unspecified atom stereocenters. The monoisotopic (exact) mass is 567 g/mol. The number of hydrogen-bond acceptors (Lipinski definition) is 6. The van der Waals surface area contributed by atoms with Gasteiger partial charge in [-0.05, 0) is 68.8 Å². The predicted molar refractivity (Wildman–Crippen MR) is 142 cm³/mol. The topological polar surface area (TPSA) is 73.2 Å². The van der Waals surface area contributed by atoms with Crippen molar-refractivity contribution in [1.29, 1.82) is 0 Å². The molecule has 0 saturated carbocycles. The SMILES string of the molecule is CCOc1ccc(-n2c(SCC(=O)Nc3cc(C(F)(F)F)ccc3Cl)nc3sc(C)c(C)c3c2=O)cc1. The highest BCUT2D eigenvalue weighted by atomic mass is 35.5. The number of thioether (sulfide) groups is 1. The van der Waals surface area contributed by atoms with Crippen molar-refractivity contribution in [2.24, 2.45) is 0 Å². The van der Waals surface area contributed by atoms with Crippen molar-refractivity contribution >= 4 is 56.5 Å². The van der Waals surface area contributed by atoms with E-state index in [-0.39, 0.29) is 27.2 Å². The van der Waals surface area contributed by atoms with Crippen LogP contribution in [-0.2, 0) is 11.0 Å². The number of aromatic nitrogens is 2. The molecule has 1 amide bonds. The fourth-order valence-corrected chi connectivity index (χ4v) is 5.62. The van der Waals surface area contributed by atoms with Crippen molar-refractivity contribution in [3.63, 3.8) is 0 Å². The van der Waals surface area contributed by atoms with Gasteiger partial charge in [-0.1, -0.05) is 23.4 Å². The molecule has 0 atom stereocenters. The van der Waals surface area contributed by atoms with Crippen molar-refractivity contribution in [3.8, 4) is 11.4 Å². The number of carbonyl (C=O) groups excluding carboxylic acids is 1. The highest BCUT2D eigenvalue weighted by Crippen LogP contribution is 2.34. The van der Waals surface area contributed by atoms with E-state index >= 15 is 0 Å². The van der Waals surface area contributed by atoms with E-state index in [1.54, 1.807) is 24.3 Å². The third-order valence-corrected chi connectivity index (χ3v) is 7.85. The third-order valence-electron chi connectivity index (χ3n) is 5.48. The number of halogens is 4. The van der Waals surface area contributed by atoms with Crippen LogP contribution in [0.1, 0.15) is 22.9 Å². The van der Waals surface area contributed by atoms with E-state index in [1.807, 2.05) is 20.8 Å². The molecule has 0 bridgehead atoms. The van der Waals surface area contributed by atoms with E-state index in [4.69, 9.17) is 16.3 Å². The van der Waals surface area contributed by atoms with Crippen LogP contribution in [0.2, 0.25) is 5.02 Å². The summed E-state index contributed by atoms with van der Waals surface area (Å²) in [5.74, 6) is -0.176. The molecule has 0 radical (unpaired) electrons. The summed E-state index contributed by atoms with van der Waals surface area (Å²) >= 11 is 8.37. The molecule has 0 saturated heterocycles. The maximum absolute atomic E-state index is 13.6. The molecule has 1 N–H and O–H groups in total. The summed E-state index contributed by atoms with van der Waals surface area (Å²) in [6.07, 6.45) is -4.58. The summed E-state index contributed by atoms with van der Waals surface area (Å²) in [6, 6.07) is 9.61. The van der Waals surface area contributed by atoms with Crippen LogP contribution in [0.15, 0.2) is 52.4 Å². The molecule has 0 aliphatic rings. The van der Waals surface area contributed by atoms with Crippen LogP contribution in [0.25, 0.3) is 15.9 Å². The van der Waals surface area contributed by atoms with E-state index < -0.39 is 17.6 Å². The van der Waals surface area contributed by atoms with Gasteiger partial charge < -0.3 is 10.1 Å². The smallest absolute Gasteiger partial charge is 0.416 e. The molecule has 2 heterocycles. The van der Waals surface area contributed by atoms with Crippen LogP contribution in [0.4, 0.5) is 18.9 Å². The summed E-state index contributed by atoms with van der Waals surface area (Å²) in [4.78, 5) is 32.4. The summed E-state index contributed by atoms with van der Waals surface area (Å²) in [5.41, 5.74) is 0.0131. The van der Waals surface area contributed by atoms with Gasteiger partial charge in [-0.25, -0.2) is 4.98 Å². The Labute approximate surface area is 223 Å². The Kier molecular flexibility index (Phi) is 7.86. The minimum absolute atomic E-state index is 0.0262. The summed E-state index contributed by atoms with van der Waals surface area (Å²) in [5, 5.41) is 3.16. The molecule has 0 aliphatic heterocycles.